The summed E-state index contributed by atoms with van der Waals surface area (Å²) in [5, 5.41) is 0. The molecule has 2 rings (SSSR count). The van der Waals surface area contributed by atoms with Crippen LogP contribution in [0.4, 0.5) is 4.39 Å². The van der Waals surface area contributed by atoms with Crippen molar-refractivity contribution in [3.63, 3.8) is 0 Å². The number of rotatable bonds is 4. The SMILES string of the molecule is Cc1ccc(C(C)C)cc1Oc1ncc(F)cc1CN. The summed E-state index contributed by atoms with van der Waals surface area (Å²) in [4.78, 5) is 3.98. The smallest absolute Gasteiger partial charge is 0.223 e. The predicted octanol–water partition coefficient (Wildman–Crippen LogP) is 3.90. The fourth-order valence-electron chi connectivity index (χ4n) is 1.90. The number of hydrogen-bond donors (Lipinski definition) is 1. The first-order valence-corrected chi connectivity index (χ1v) is 6.64. The molecule has 3 nitrogen and oxygen atoms in total. The minimum atomic E-state index is -0.412. The van der Waals surface area contributed by atoms with E-state index in [9.17, 15) is 4.39 Å². The van der Waals surface area contributed by atoms with Crippen molar-refractivity contribution in [3.8, 4) is 11.6 Å². The third kappa shape index (κ3) is 3.14. The summed E-state index contributed by atoms with van der Waals surface area (Å²) in [6.07, 6.45) is 1.14. The Bertz CT molecular complexity index is 611. The van der Waals surface area contributed by atoms with Crippen LogP contribution >= 0.6 is 0 Å². The molecule has 0 unspecified atom stereocenters. The number of nitrogens with zero attached hydrogens (tertiary/aromatic N) is 1. The Morgan fingerprint density at radius 2 is 2.05 bits per heavy atom. The van der Waals surface area contributed by atoms with Crippen molar-refractivity contribution in [2.24, 2.45) is 5.73 Å². The van der Waals surface area contributed by atoms with Crippen molar-refractivity contribution in [1.29, 1.82) is 0 Å². The van der Waals surface area contributed by atoms with E-state index in [-0.39, 0.29) is 6.54 Å². The standard InChI is InChI=1S/C16H19FN2O/c1-10(2)12-5-4-11(3)15(7-12)20-16-13(8-18)6-14(17)9-19-16/h4-7,9-10H,8,18H2,1-3H3. The van der Waals surface area contributed by atoms with Gasteiger partial charge in [-0.3, -0.25) is 0 Å². The van der Waals surface area contributed by atoms with E-state index in [1.54, 1.807) is 0 Å². The second-order valence-electron chi connectivity index (χ2n) is 5.10. The van der Waals surface area contributed by atoms with Crippen molar-refractivity contribution in [2.75, 3.05) is 0 Å². The van der Waals surface area contributed by atoms with E-state index in [1.807, 2.05) is 19.1 Å². The zero-order valence-corrected chi connectivity index (χ0v) is 12.0. The maximum absolute atomic E-state index is 13.1. The fraction of sp³-hybridized carbons (Fsp3) is 0.312. The molecule has 0 amide bonds. The van der Waals surface area contributed by atoms with Gasteiger partial charge >= 0.3 is 0 Å². The third-order valence-electron chi connectivity index (χ3n) is 3.20. The average molecular weight is 274 g/mol. The van der Waals surface area contributed by atoms with Crippen LogP contribution in [0.2, 0.25) is 0 Å². The molecule has 0 bridgehead atoms. The lowest BCUT2D eigenvalue weighted by Crippen LogP contribution is -2.03. The largest absolute Gasteiger partial charge is 0.438 e. The molecule has 2 aromatic rings. The van der Waals surface area contributed by atoms with Crippen LogP contribution in [-0.4, -0.2) is 4.98 Å². The van der Waals surface area contributed by atoms with E-state index < -0.39 is 5.82 Å². The van der Waals surface area contributed by atoms with Gasteiger partial charge in [-0.05, 0) is 36.1 Å². The zero-order chi connectivity index (χ0) is 14.7. The van der Waals surface area contributed by atoms with Gasteiger partial charge in [0.2, 0.25) is 5.88 Å². The molecule has 0 fully saturated rings. The lowest BCUT2D eigenvalue weighted by atomic mass is 10.0. The Hall–Kier alpha value is -1.94. The van der Waals surface area contributed by atoms with Gasteiger partial charge in [-0.25, -0.2) is 9.37 Å². The van der Waals surface area contributed by atoms with Crippen LogP contribution in [0.5, 0.6) is 11.6 Å². The van der Waals surface area contributed by atoms with Gasteiger partial charge in [0.15, 0.2) is 0 Å². The molecule has 0 aliphatic heterocycles. The molecule has 0 saturated heterocycles. The summed E-state index contributed by atoms with van der Waals surface area (Å²) in [5.41, 5.74) is 8.34. The quantitative estimate of drug-likeness (QED) is 0.919. The molecule has 0 saturated carbocycles. The monoisotopic (exact) mass is 274 g/mol. The van der Waals surface area contributed by atoms with Gasteiger partial charge < -0.3 is 10.5 Å². The maximum atomic E-state index is 13.1. The van der Waals surface area contributed by atoms with Crippen LogP contribution < -0.4 is 10.5 Å². The summed E-state index contributed by atoms with van der Waals surface area (Å²) in [7, 11) is 0. The van der Waals surface area contributed by atoms with E-state index in [2.05, 4.69) is 24.9 Å². The highest BCUT2D eigenvalue weighted by Gasteiger charge is 2.10. The highest BCUT2D eigenvalue weighted by atomic mass is 19.1. The molecule has 4 heteroatoms. The van der Waals surface area contributed by atoms with Crippen LogP contribution in [-0.2, 0) is 6.54 Å². The van der Waals surface area contributed by atoms with Gasteiger partial charge in [0.1, 0.15) is 11.6 Å². The topological polar surface area (TPSA) is 48.1 Å². The lowest BCUT2D eigenvalue weighted by Gasteiger charge is -2.13. The lowest BCUT2D eigenvalue weighted by molar-refractivity contribution is 0.448. The number of aromatic nitrogens is 1. The van der Waals surface area contributed by atoms with Gasteiger partial charge in [0, 0.05) is 12.1 Å². The Morgan fingerprint density at radius 1 is 1.30 bits per heavy atom. The first-order chi connectivity index (χ1) is 9.51. The maximum Gasteiger partial charge on any atom is 0.223 e. The predicted molar refractivity (Wildman–Crippen MR) is 77.4 cm³/mol. The summed E-state index contributed by atoms with van der Waals surface area (Å²) in [6, 6.07) is 7.43. The molecule has 0 radical (unpaired) electrons. The van der Waals surface area contributed by atoms with Crippen LogP contribution in [0.1, 0.15) is 36.5 Å². The van der Waals surface area contributed by atoms with Gasteiger partial charge in [-0.2, -0.15) is 0 Å². The van der Waals surface area contributed by atoms with Crippen molar-refractivity contribution < 1.29 is 9.13 Å². The van der Waals surface area contributed by atoms with E-state index in [0.29, 0.717) is 17.4 Å². The number of aryl methyl sites for hydroxylation is 1. The third-order valence-corrected chi connectivity index (χ3v) is 3.20. The van der Waals surface area contributed by atoms with Crippen LogP contribution in [0.3, 0.4) is 0 Å². The molecule has 1 aromatic carbocycles. The Labute approximate surface area is 118 Å². The molecule has 0 aliphatic rings. The first kappa shape index (κ1) is 14.5. The van der Waals surface area contributed by atoms with E-state index in [4.69, 9.17) is 10.5 Å². The second kappa shape index (κ2) is 6.01. The van der Waals surface area contributed by atoms with E-state index >= 15 is 0 Å². The van der Waals surface area contributed by atoms with Gasteiger partial charge in [0.25, 0.3) is 0 Å². The molecule has 0 spiro atoms. The minimum absolute atomic E-state index is 0.184. The van der Waals surface area contributed by atoms with Crippen molar-refractivity contribution in [1.82, 2.24) is 4.98 Å². The first-order valence-electron chi connectivity index (χ1n) is 6.64. The summed E-state index contributed by atoms with van der Waals surface area (Å²) in [6.45, 7) is 6.39. The minimum Gasteiger partial charge on any atom is -0.438 e. The Balaban J connectivity index is 2.36. The number of hydrogen-bond acceptors (Lipinski definition) is 3. The molecule has 2 N–H and O–H groups in total. The number of nitrogens with two attached hydrogens (primary N) is 1. The van der Waals surface area contributed by atoms with Gasteiger partial charge in [0.05, 0.1) is 6.20 Å². The number of pyridine rings is 1. The van der Waals surface area contributed by atoms with Gasteiger partial charge in [-0.15, -0.1) is 0 Å². The molecular formula is C16H19FN2O. The van der Waals surface area contributed by atoms with Gasteiger partial charge in [-0.1, -0.05) is 26.0 Å². The Kier molecular flexibility index (Phi) is 4.35. The van der Waals surface area contributed by atoms with Crippen molar-refractivity contribution >= 4 is 0 Å². The van der Waals surface area contributed by atoms with Crippen LogP contribution in [0.15, 0.2) is 30.5 Å². The molecule has 1 aromatic heterocycles. The molecule has 1 heterocycles. The molecule has 20 heavy (non-hydrogen) atoms. The fourth-order valence-corrected chi connectivity index (χ4v) is 1.90. The molecule has 0 atom stereocenters. The van der Waals surface area contributed by atoms with Crippen LogP contribution in [0, 0.1) is 12.7 Å². The van der Waals surface area contributed by atoms with Crippen molar-refractivity contribution in [3.05, 3.63) is 53.0 Å². The van der Waals surface area contributed by atoms with E-state index in [1.165, 1.54) is 11.6 Å². The number of ether oxygens (including phenoxy) is 1. The summed E-state index contributed by atoms with van der Waals surface area (Å²) in [5.74, 6) is 1.08. The Morgan fingerprint density at radius 3 is 2.70 bits per heavy atom. The van der Waals surface area contributed by atoms with Crippen LogP contribution in [0.25, 0.3) is 0 Å². The van der Waals surface area contributed by atoms with E-state index in [0.717, 1.165) is 17.5 Å². The molecule has 0 aliphatic carbocycles. The highest BCUT2D eigenvalue weighted by molar-refractivity contribution is 5.41. The summed E-state index contributed by atoms with van der Waals surface area (Å²) < 4.78 is 19.0. The van der Waals surface area contributed by atoms with Crippen molar-refractivity contribution in [2.45, 2.75) is 33.2 Å². The molecular weight excluding hydrogens is 255 g/mol. The second-order valence-corrected chi connectivity index (χ2v) is 5.10. The average Bonchev–Trinajstić information content (AvgIpc) is 2.42. The molecule has 106 valence electrons. The summed E-state index contributed by atoms with van der Waals surface area (Å²) >= 11 is 0. The number of halogens is 1. The normalized spacial score (nSPS) is 10.9. The number of benzene rings is 1. The zero-order valence-electron chi connectivity index (χ0n) is 12.0. The highest BCUT2D eigenvalue weighted by Crippen LogP contribution is 2.29.